The van der Waals surface area contributed by atoms with Gasteiger partial charge in [-0.2, -0.15) is 21.6 Å². The van der Waals surface area contributed by atoms with Crippen LogP contribution in [0.4, 0.5) is 13.2 Å². The summed E-state index contributed by atoms with van der Waals surface area (Å²) in [6, 6.07) is 0. The van der Waals surface area contributed by atoms with Crippen molar-refractivity contribution in [2.24, 2.45) is 0 Å². The van der Waals surface area contributed by atoms with Gasteiger partial charge in [0.1, 0.15) is 5.76 Å². The van der Waals surface area contributed by atoms with Crippen molar-refractivity contribution in [1.29, 1.82) is 0 Å². The second-order valence-corrected chi connectivity index (χ2v) is 23.0. The number of carbonyl (C=O) groups is 1. The van der Waals surface area contributed by atoms with E-state index in [1.807, 2.05) is 33.9 Å². The van der Waals surface area contributed by atoms with Gasteiger partial charge in [0.25, 0.3) is 0 Å². The lowest BCUT2D eigenvalue weighted by atomic mass is 10.1. The summed E-state index contributed by atoms with van der Waals surface area (Å²) in [5.41, 5.74) is -5.67. The molecule has 0 saturated heterocycles. The number of carbonyl (C=O) groups excluding carboxylic acids is 1. The Bertz CT molecular complexity index is 916. The first-order chi connectivity index (χ1) is 16.3. The molecule has 0 saturated carbocycles. The van der Waals surface area contributed by atoms with E-state index in [-0.39, 0.29) is 23.1 Å². The number of alkyl halides is 3. The van der Waals surface area contributed by atoms with Crippen molar-refractivity contribution in [2.75, 3.05) is 6.61 Å². The Morgan fingerprint density at radius 1 is 0.946 bits per heavy atom. The number of halogens is 3. The molecule has 0 bridgehead atoms. The van der Waals surface area contributed by atoms with Crippen LogP contribution in [0.15, 0.2) is 24.5 Å². The number of esters is 1. The molecule has 7 nitrogen and oxygen atoms in total. The molecule has 13 heteroatoms. The minimum atomic E-state index is -6.02. The van der Waals surface area contributed by atoms with Gasteiger partial charge in [-0.15, -0.1) is 6.58 Å². The Hall–Kier alpha value is -1.16. The van der Waals surface area contributed by atoms with E-state index in [1.54, 1.807) is 6.08 Å². The number of hydrogen-bond donors (Lipinski definition) is 0. The summed E-state index contributed by atoms with van der Waals surface area (Å²) >= 11 is 0. The SMILES string of the molecule is C=CC(CC(C/C(=C/C(=O)OCC)OS(=O)(=O)C(F)(F)F)O[Si](C)(C)C(C)(C)C)O[Si](C)(C)C(C)(C)C. The molecule has 2 unspecified atom stereocenters. The molecule has 0 aromatic rings. The molecule has 0 heterocycles. The van der Waals surface area contributed by atoms with E-state index < -0.39 is 62.6 Å². The third-order valence-electron chi connectivity index (χ3n) is 6.77. The molecule has 37 heavy (non-hydrogen) atoms. The largest absolute Gasteiger partial charge is 0.534 e. The zero-order valence-corrected chi connectivity index (χ0v) is 26.9. The van der Waals surface area contributed by atoms with Gasteiger partial charge in [0.05, 0.1) is 24.9 Å². The molecule has 0 amide bonds. The maximum absolute atomic E-state index is 13.1. The summed E-state index contributed by atoms with van der Waals surface area (Å²) in [7, 11) is -10.8. The Balaban J connectivity index is 6.46. The standard InChI is InChI=1S/C24H45F3O7SSi2/c1-13-18(33-36(9,10)22(3,4)5)15-20(34-37(11,12)23(6,7)8)16-19(17-21(28)31-14-2)32-35(29,30)24(25,26)27/h13,17-18,20H,1,14-16H2,2-12H3/b19-17-. The maximum Gasteiger partial charge on any atom is 0.534 e. The molecule has 0 aliphatic rings. The molecule has 0 aliphatic heterocycles. The molecule has 0 N–H and O–H groups in total. The first-order valence-electron chi connectivity index (χ1n) is 12.2. The number of ether oxygens (including phenoxy) is 1. The Kier molecular flexibility index (Phi) is 12.4. The van der Waals surface area contributed by atoms with Crippen molar-refractivity contribution in [3.63, 3.8) is 0 Å². The predicted molar refractivity (Wildman–Crippen MR) is 144 cm³/mol. The van der Waals surface area contributed by atoms with Crippen LogP contribution < -0.4 is 0 Å². The predicted octanol–water partition coefficient (Wildman–Crippen LogP) is 7.05. The first kappa shape index (κ1) is 35.8. The van der Waals surface area contributed by atoms with Gasteiger partial charge in [-0.25, -0.2) is 4.79 Å². The van der Waals surface area contributed by atoms with E-state index in [2.05, 4.69) is 44.6 Å². The van der Waals surface area contributed by atoms with Crippen LogP contribution in [0.2, 0.25) is 36.3 Å². The van der Waals surface area contributed by atoms with E-state index in [0.29, 0.717) is 6.08 Å². The van der Waals surface area contributed by atoms with Gasteiger partial charge in [-0.05, 0) is 43.2 Å². The van der Waals surface area contributed by atoms with Crippen LogP contribution in [0.1, 0.15) is 61.3 Å². The molecule has 0 fully saturated rings. The van der Waals surface area contributed by atoms with Crippen LogP contribution >= 0.6 is 0 Å². The van der Waals surface area contributed by atoms with E-state index in [4.69, 9.17) is 13.6 Å². The molecular weight excluding hydrogens is 545 g/mol. The zero-order chi connectivity index (χ0) is 29.7. The Morgan fingerprint density at radius 3 is 1.78 bits per heavy atom. The average molecular weight is 591 g/mol. The quantitative estimate of drug-likeness (QED) is 0.0432. The van der Waals surface area contributed by atoms with Crippen molar-refractivity contribution < 1.29 is 44.2 Å². The minimum Gasteiger partial charge on any atom is -0.463 e. The zero-order valence-electron chi connectivity index (χ0n) is 24.0. The number of hydrogen-bond acceptors (Lipinski definition) is 7. The molecule has 0 spiro atoms. The molecule has 2 atom stereocenters. The topological polar surface area (TPSA) is 88.1 Å². The summed E-state index contributed by atoms with van der Waals surface area (Å²) in [5, 5.41) is -0.387. The fourth-order valence-corrected chi connectivity index (χ4v) is 5.78. The van der Waals surface area contributed by atoms with Gasteiger partial charge in [0.2, 0.25) is 0 Å². The molecular formula is C24H45F3O7SSi2. The third-order valence-corrected chi connectivity index (χ3v) is 16.8. The lowest BCUT2D eigenvalue weighted by molar-refractivity contribution is -0.137. The molecule has 0 aromatic heterocycles. The molecule has 0 rings (SSSR count). The van der Waals surface area contributed by atoms with Gasteiger partial charge in [0, 0.05) is 12.8 Å². The molecule has 0 aliphatic carbocycles. The number of rotatable bonds is 13. The van der Waals surface area contributed by atoms with Crippen LogP contribution in [0, 0.1) is 0 Å². The van der Waals surface area contributed by atoms with Crippen molar-refractivity contribution in [3.8, 4) is 0 Å². The highest BCUT2D eigenvalue weighted by atomic mass is 32.2. The Morgan fingerprint density at radius 2 is 1.41 bits per heavy atom. The molecule has 0 radical (unpaired) electrons. The van der Waals surface area contributed by atoms with Gasteiger partial charge in [0.15, 0.2) is 16.6 Å². The van der Waals surface area contributed by atoms with Crippen LogP contribution in [0.25, 0.3) is 0 Å². The van der Waals surface area contributed by atoms with Crippen molar-refractivity contribution in [2.45, 2.75) is 115 Å². The van der Waals surface area contributed by atoms with Gasteiger partial charge in [-0.1, -0.05) is 47.6 Å². The van der Waals surface area contributed by atoms with Crippen LogP contribution in [0.5, 0.6) is 0 Å². The van der Waals surface area contributed by atoms with Crippen LogP contribution in [0.3, 0.4) is 0 Å². The lowest BCUT2D eigenvalue weighted by Gasteiger charge is -2.42. The molecule has 218 valence electrons. The summed E-state index contributed by atoms with van der Waals surface area (Å²) in [4.78, 5) is 12.1. The van der Waals surface area contributed by atoms with Crippen LogP contribution in [-0.2, 0) is 32.7 Å². The van der Waals surface area contributed by atoms with E-state index >= 15 is 0 Å². The van der Waals surface area contributed by atoms with Gasteiger partial charge >= 0.3 is 21.6 Å². The highest BCUT2D eigenvalue weighted by Crippen LogP contribution is 2.41. The van der Waals surface area contributed by atoms with Crippen molar-refractivity contribution in [1.82, 2.24) is 0 Å². The summed E-state index contributed by atoms with van der Waals surface area (Å²) in [6.07, 6.45) is 0.595. The smallest absolute Gasteiger partial charge is 0.463 e. The summed E-state index contributed by atoms with van der Waals surface area (Å²) < 4.78 is 85.0. The van der Waals surface area contributed by atoms with E-state index in [0.717, 1.165) is 0 Å². The summed E-state index contributed by atoms with van der Waals surface area (Å²) in [6.45, 7) is 25.5. The van der Waals surface area contributed by atoms with E-state index in [9.17, 15) is 26.4 Å². The second-order valence-electron chi connectivity index (χ2n) is 11.9. The monoisotopic (exact) mass is 590 g/mol. The minimum absolute atomic E-state index is 0.0581. The second kappa shape index (κ2) is 12.8. The fourth-order valence-electron chi connectivity index (χ4n) is 2.62. The normalized spacial score (nSPS) is 16.2. The van der Waals surface area contributed by atoms with E-state index in [1.165, 1.54) is 6.92 Å². The van der Waals surface area contributed by atoms with Crippen molar-refractivity contribution in [3.05, 3.63) is 24.5 Å². The van der Waals surface area contributed by atoms with Crippen molar-refractivity contribution >= 4 is 32.7 Å². The summed E-state index contributed by atoms with van der Waals surface area (Å²) in [5.74, 6) is -1.76. The third kappa shape index (κ3) is 11.2. The first-order valence-corrected chi connectivity index (χ1v) is 19.4. The highest BCUT2D eigenvalue weighted by Gasteiger charge is 2.49. The fraction of sp³-hybridized carbons (Fsp3) is 0.792. The lowest BCUT2D eigenvalue weighted by Crippen LogP contribution is -2.47. The average Bonchev–Trinajstić information content (AvgIpc) is 2.63. The highest BCUT2D eigenvalue weighted by molar-refractivity contribution is 7.87. The maximum atomic E-state index is 13.1. The Labute approximate surface area is 223 Å². The van der Waals surface area contributed by atoms with Gasteiger partial charge < -0.3 is 17.8 Å². The van der Waals surface area contributed by atoms with Crippen LogP contribution in [-0.4, -0.2) is 55.3 Å². The molecule has 0 aromatic carbocycles. The van der Waals surface area contributed by atoms with Gasteiger partial charge in [-0.3, -0.25) is 0 Å².